The largest absolute Gasteiger partial charge is 0.497 e. The molecule has 0 radical (unpaired) electrons. The predicted octanol–water partition coefficient (Wildman–Crippen LogP) is 3.50. The average molecular weight is 333 g/mol. The van der Waals surface area contributed by atoms with E-state index in [1.54, 1.807) is 7.11 Å². The maximum absolute atomic E-state index is 11.4. The minimum atomic E-state index is -0.327. The number of carbonyl (C=O) groups is 1. The van der Waals surface area contributed by atoms with E-state index >= 15 is 0 Å². The van der Waals surface area contributed by atoms with Crippen LogP contribution in [0.25, 0.3) is 10.8 Å². The van der Waals surface area contributed by atoms with Gasteiger partial charge in [0.1, 0.15) is 5.75 Å². The molecule has 0 aromatic heterocycles. The molecule has 2 aromatic carbocycles. The molecule has 6 heteroatoms. The van der Waals surface area contributed by atoms with Gasteiger partial charge in [0.2, 0.25) is 0 Å². The van der Waals surface area contributed by atoms with Gasteiger partial charge in [0, 0.05) is 4.90 Å². The second-order valence-corrected chi connectivity index (χ2v) is 5.64. The van der Waals surface area contributed by atoms with E-state index in [4.69, 9.17) is 9.57 Å². The number of benzene rings is 2. The Morgan fingerprint density at radius 1 is 1.13 bits per heavy atom. The summed E-state index contributed by atoms with van der Waals surface area (Å²) in [6.45, 7) is 0. The van der Waals surface area contributed by atoms with E-state index in [1.807, 2.05) is 35.7 Å². The molecule has 0 aliphatic carbocycles. The Balaban J connectivity index is 2.15. The van der Waals surface area contributed by atoms with E-state index in [9.17, 15) is 4.79 Å². The summed E-state index contributed by atoms with van der Waals surface area (Å²) in [5, 5.41) is 4.08. The van der Waals surface area contributed by atoms with Gasteiger partial charge in [-0.25, -0.2) is 0 Å². The number of nitrogens with one attached hydrogen (secondary N) is 1. The molecular weight excluding hydrogens is 314 g/mol. The Morgan fingerprint density at radius 3 is 2.57 bits per heavy atom. The fourth-order valence-electron chi connectivity index (χ4n) is 2.00. The van der Waals surface area contributed by atoms with Crippen LogP contribution in [0.1, 0.15) is 6.42 Å². The summed E-state index contributed by atoms with van der Waals surface area (Å²) in [6, 6.07) is 12.1. The Kier molecular flexibility index (Phi) is 6.31. The zero-order valence-electron chi connectivity index (χ0n) is 13.3. The summed E-state index contributed by atoms with van der Waals surface area (Å²) >= 11 is 1.50. The molecule has 0 fully saturated rings. The first kappa shape index (κ1) is 17.2. The molecular formula is C17H19NO4S. The molecule has 0 heterocycles. The number of rotatable bonds is 7. The van der Waals surface area contributed by atoms with Crippen LogP contribution >= 0.6 is 11.8 Å². The number of esters is 1. The van der Waals surface area contributed by atoms with Gasteiger partial charge in [-0.1, -0.05) is 23.9 Å². The van der Waals surface area contributed by atoms with Crippen molar-refractivity contribution in [1.29, 1.82) is 0 Å². The molecule has 2 rings (SSSR count). The van der Waals surface area contributed by atoms with E-state index in [0.29, 0.717) is 5.70 Å². The van der Waals surface area contributed by atoms with Crippen LogP contribution < -0.4 is 10.2 Å². The summed E-state index contributed by atoms with van der Waals surface area (Å²) in [4.78, 5) is 17.3. The van der Waals surface area contributed by atoms with Gasteiger partial charge in [-0.15, -0.1) is 0 Å². The third-order valence-corrected chi connectivity index (χ3v) is 4.08. The third kappa shape index (κ3) is 4.91. The van der Waals surface area contributed by atoms with Crippen LogP contribution in [0.15, 0.2) is 52.4 Å². The van der Waals surface area contributed by atoms with Crippen molar-refractivity contribution < 1.29 is 19.1 Å². The van der Waals surface area contributed by atoms with Crippen LogP contribution in [-0.4, -0.2) is 27.3 Å². The smallest absolute Gasteiger partial charge is 0.311 e. The number of carbonyl (C=O) groups excluding carboxylic acids is 1. The predicted molar refractivity (Wildman–Crippen MR) is 91.2 cm³/mol. The first-order valence-electron chi connectivity index (χ1n) is 6.95. The normalized spacial score (nSPS) is 11.3. The van der Waals surface area contributed by atoms with Crippen LogP contribution in [0.4, 0.5) is 0 Å². The summed E-state index contributed by atoms with van der Waals surface area (Å²) < 4.78 is 9.89. The molecule has 0 bridgehead atoms. The first-order chi connectivity index (χ1) is 11.2. The lowest BCUT2D eigenvalue weighted by atomic mass is 10.1. The topological polar surface area (TPSA) is 56.8 Å². The molecule has 0 aliphatic rings. The summed E-state index contributed by atoms with van der Waals surface area (Å²) in [7, 11) is 4.51. The van der Waals surface area contributed by atoms with E-state index in [0.717, 1.165) is 21.4 Å². The summed E-state index contributed by atoms with van der Waals surface area (Å²) in [6.07, 6.45) is 0.127. The molecule has 0 spiro atoms. The zero-order valence-corrected chi connectivity index (χ0v) is 14.1. The monoisotopic (exact) mass is 333 g/mol. The SMILES string of the molecule is CONC(=CSc1ccc2cc(OC)ccc2c1)CC(=O)OC. The number of fused-ring (bicyclic) bond motifs is 1. The number of thioether (sulfide) groups is 1. The molecule has 0 unspecified atom stereocenters. The van der Waals surface area contributed by atoms with Gasteiger partial charge in [-0.05, 0) is 40.4 Å². The van der Waals surface area contributed by atoms with Gasteiger partial charge < -0.3 is 9.47 Å². The lowest BCUT2D eigenvalue weighted by Crippen LogP contribution is -2.15. The minimum Gasteiger partial charge on any atom is -0.497 e. The Hall–Kier alpha value is -2.18. The highest BCUT2D eigenvalue weighted by Crippen LogP contribution is 2.27. The third-order valence-electron chi connectivity index (χ3n) is 3.15. The van der Waals surface area contributed by atoms with Gasteiger partial charge in [0.25, 0.3) is 0 Å². The molecule has 0 saturated carbocycles. The highest BCUT2D eigenvalue weighted by atomic mass is 32.2. The number of ether oxygens (including phenoxy) is 2. The zero-order chi connectivity index (χ0) is 16.7. The van der Waals surface area contributed by atoms with Crippen molar-refractivity contribution in [1.82, 2.24) is 5.48 Å². The van der Waals surface area contributed by atoms with Crippen LogP contribution in [0.5, 0.6) is 5.75 Å². The van der Waals surface area contributed by atoms with Crippen LogP contribution in [0.3, 0.4) is 0 Å². The quantitative estimate of drug-likeness (QED) is 0.475. The van der Waals surface area contributed by atoms with Crippen molar-refractivity contribution in [2.24, 2.45) is 0 Å². The van der Waals surface area contributed by atoms with E-state index < -0.39 is 0 Å². The van der Waals surface area contributed by atoms with Crippen LogP contribution in [0.2, 0.25) is 0 Å². The van der Waals surface area contributed by atoms with Gasteiger partial charge in [0.05, 0.1) is 33.4 Å². The molecule has 23 heavy (non-hydrogen) atoms. The number of hydrogen-bond donors (Lipinski definition) is 1. The highest BCUT2D eigenvalue weighted by Gasteiger charge is 2.06. The maximum Gasteiger partial charge on any atom is 0.311 e. The molecule has 1 N–H and O–H groups in total. The lowest BCUT2D eigenvalue weighted by Gasteiger charge is -2.08. The average Bonchev–Trinajstić information content (AvgIpc) is 2.59. The van der Waals surface area contributed by atoms with Gasteiger partial charge >= 0.3 is 5.97 Å². The fraction of sp³-hybridized carbons (Fsp3) is 0.235. The molecule has 0 amide bonds. The van der Waals surface area contributed by atoms with Gasteiger partial charge in [0.15, 0.2) is 0 Å². The standard InChI is InChI=1S/C17H19NO4S/c1-20-15-6-4-13-9-16(7-5-12(13)8-15)23-11-14(18-22-3)10-17(19)21-2/h4-9,11,18H,10H2,1-3H3. The van der Waals surface area contributed by atoms with E-state index in [1.165, 1.54) is 26.0 Å². The molecule has 2 aromatic rings. The molecule has 122 valence electrons. The number of hydrogen-bond acceptors (Lipinski definition) is 6. The maximum atomic E-state index is 11.4. The molecule has 0 atom stereocenters. The van der Waals surface area contributed by atoms with Crippen LogP contribution in [-0.2, 0) is 14.4 Å². The fourth-order valence-corrected chi connectivity index (χ4v) is 2.75. The lowest BCUT2D eigenvalue weighted by molar-refractivity contribution is -0.140. The van der Waals surface area contributed by atoms with Crippen molar-refractivity contribution in [3.8, 4) is 5.75 Å². The second kappa shape index (κ2) is 8.45. The molecule has 0 aliphatic heterocycles. The van der Waals surface area contributed by atoms with Crippen molar-refractivity contribution in [3.05, 3.63) is 47.5 Å². The molecule has 5 nitrogen and oxygen atoms in total. The second-order valence-electron chi connectivity index (χ2n) is 4.69. The number of hydroxylamine groups is 1. The van der Waals surface area contributed by atoms with Gasteiger partial charge in [-0.3, -0.25) is 15.1 Å². The van der Waals surface area contributed by atoms with E-state index in [-0.39, 0.29) is 12.4 Å². The van der Waals surface area contributed by atoms with Gasteiger partial charge in [-0.2, -0.15) is 0 Å². The minimum absolute atomic E-state index is 0.127. The Labute approximate surface area is 139 Å². The van der Waals surface area contributed by atoms with Crippen molar-refractivity contribution >= 4 is 28.5 Å². The first-order valence-corrected chi connectivity index (χ1v) is 7.83. The van der Waals surface area contributed by atoms with Crippen molar-refractivity contribution in [2.45, 2.75) is 11.3 Å². The summed E-state index contributed by atoms with van der Waals surface area (Å²) in [5.41, 5.74) is 3.33. The summed E-state index contributed by atoms with van der Waals surface area (Å²) in [5.74, 6) is 0.509. The highest BCUT2D eigenvalue weighted by molar-refractivity contribution is 8.02. The van der Waals surface area contributed by atoms with Crippen molar-refractivity contribution in [3.63, 3.8) is 0 Å². The van der Waals surface area contributed by atoms with Crippen molar-refractivity contribution in [2.75, 3.05) is 21.3 Å². The Bertz CT molecular complexity index is 715. The van der Waals surface area contributed by atoms with E-state index in [2.05, 4.69) is 16.3 Å². The molecule has 0 saturated heterocycles. The number of methoxy groups -OCH3 is 2. The van der Waals surface area contributed by atoms with Crippen LogP contribution in [0, 0.1) is 0 Å². The Morgan fingerprint density at radius 2 is 1.87 bits per heavy atom.